The lowest BCUT2D eigenvalue weighted by Gasteiger charge is -2.09. The number of amides is 4. The highest BCUT2D eigenvalue weighted by molar-refractivity contribution is 6.14. The molecule has 1 saturated heterocycles. The van der Waals surface area contributed by atoms with Crippen molar-refractivity contribution >= 4 is 46.5 Å². The number of hydrogen-bond acceptors (Lipinski definition) is 9. The van der Waals surface area contributed by atoms with Crippen molar-refractivity contribution in [2.24, 2.45) is 0 Å². The van der Waals surface area contributed by atoms with E-state index in [9.17, 15) is 14.4 Å². The molecule has 0 bridgehead atoms. The predicted octanol–water partition coefficient (Wildman–Crippen LogP) is 2.09. The van der Waals surface area contributed by atoms with Gasteiger partial charge in [-0.2, -0.15) is 19.6 Å². The van der Waals surface area contributed by atoms with E-state index in [0.717, 1.165) is 12.8 Å². The third kappa shape index (κ3) is 3.76. The van der Waals surface area contributed by atoms with Gasteiger partial charge in [-0.25, -0.2) is 4.79 Å². The van der Waals surface area contributed by atoms with Gasteiger partial charge in [-0.1, -0.05) is 0 Å². The highest BCUT2D eigenvalue weighted by Crippen LogP contribution is 2.32. The summed E-state index contributed by atoms with van der Waals surface area (Å²) < 4.78 is 13.2. The van der Waals surface area contributed by atoms with Crippen molar-refractivity contribution in [3.8, 4) is 11.8 Å². The summed E-state index contributed by atoms with van der Waals surface area (Å²) in [6.45, 7) is 1.72. The first-order chi connectivity index (χ1) is 17.4. The van der Waals surface area contributed by atoms with Crippen LogP contribution < -0.4 is 26.0 Å². The molecule has 6 rings (SSSR count). The number of anilines is 1. The van der Waals surface area contributed by atoms with Gasteiger partial charge in [-0.05, 0) is 44.0 Å². The number of urea groups is 1. The van der Waals surface area contributed by atoms with Crippen LogP contribution in [0.2, 0.25) is 0 Å². The molecule has 4 N–H and O–H groups in total. The number of aryl methyl sites for hydroxylation is 1. The number of fused-ring (bicyclic) bond motifs is 2. The van der Waals surface area contributed by atoms with E-state index in [1.807, 2.05) is 0 Å². The molecule has 0 atom stereocenters. The lowest BCUT2D eigenvalue weighted by Crippen LogP contribution is -2.22. The molecule has 0 unspecified atom stereocenters. The van der Waals surface area contributed by atoms with Gasteiger partial charge < -0.3 is 25.1 Å². The molecule has 13 nitrogen and oxygen atoms in total. The van der Waals surface area contributed by atoms with Gasteiger partial charge in [0.15, 0.2) is 5.65 Å². The number of nitrogens with zero attached hydrogens (tertiary/aromatic N) is 4. The molecule has 3 aromatic heterocycles. The summed E-state index contributed by atoms with van der Waals surface area (Å²) in [5.74, 6) is 0.509. The topological polar surface area (TPSA) is 165 Å². The summed E-state index contributed by atoms with van der Waals surface area (Å²) in [5.41, 5.74) is 1.90. The normalized spacial score (nSPS) is 16.4. The molecule has 1 aromatic carbocycles. The summed E-state index contributed by atoms with van der Waals surface area (Å²) in [4.78, 5) is 44.8. The number of imide groups is 1. The number of ether oxygens (including phenoxy) is 1. The maximum absolute atomic E-state index is 12.4. The molecule has 0 radical (unpaired) electrons. The lowest BCUT2D eigenvalue weighted by molar-refractivity contribution is -0.115. The molecule has 1 aliphatic heterocycles. The average molecular weight is 488 g/mol. The van der Waals surface area contributed by atoms with Gasteiger partial charge in [0.25, 0.3) is 11.8 Å². The summed E-state index contributed by atoms with van der Waals surface area (Å²) >= 11 is 0. The van der Waals surface area contributed by atoms with Crippen molar-refractivity contribution in [2.45, 2.75) is 25.8 Å². The molecule has 36 heavy (non-hydrogen) atoms. The first-order valence-corrected chi connectivity index (χ1v) is 11.2. The zero-order chi connectivity index (χ0) is 25.0. The standard InChI is InChI=1S/C23H20N8O5/c1-10-17(20(33)24-2)14-8-13(5-6-16(14)35-10)36-23-28-18-11(7-15-19(32)29-22(34)27-15)9-25-31(18)21(30-23)26-12-3-4-12/h5-9,12H,3-4H2,1-2H3,(H,24,33)(H,26,28,30)(H2,27,29,32,34)/b15-7-. The van der Waals surface area contributed by atoms with Crippen molar-refractivity contribution in [3.05, 3.63) is 47.0 Å². The van der Waals surface area contributed by atoms with E-state index in [0.29, 0.717) is 45.2 Å². The van der Waals surface area contributed by atoms with Crippen LogP contribution >= 0.6 is 0 Å². The molecule has 2 aliphatic rings. The average Bonchev–Trinajstić information content (AvgIpc) is 3.35. The maximum atomic E-state index is 12.4. The number of hydrogen-bond donors (Lipinski definition) is 4. The molecule has 4 heterocycles. The largest absolute Gasteiger partial charge is 0.461 e. The third-order valence-corrected chi connectivity index (χ3v) is 5.80. The van der Waals surface area contributed by atoms with Gasteiger partial charge in [-0.15, -0.1) is 0 Å². The van der Waals surface area contributed by atoms with Gasteiger partial charge in [0.2, 0.25) is 5.95 Å². The Morgan fingerprint density at radius 2 is 2.08 bits per heavy atom. The fourth-order valence-corrected chi connectivity index (χ4v) is 3.94. The Morgan fingerprint density at radius 3 is 2.81 bits per heavy atom. The summed E-state index contributed by atoms with van der Waals surface area (Å²) in [5, 5.41) is 15.5. The lowest BCUT2D eigenvalue weighted by atomic mass is 10.1. The SMILES string of the molecule is CNC(=O)c1c(C)oc2ccc(Oc3nc(NC4CC4)n4ncc(/C=C5\NC(=O)NC5=O)c4n3)cc12. The van der Waals surface area contributed by atoms with Crippen LogP contribution in [0.25, 0.3) is 22.7 Å². The maximum Gasteiger partial charge on any atom is 0.327 e. The van der Waals surface area contributed by atoms with Crippen molar-refractivity contribution in [3.63, 3.8) is 0 Å². The Bertz CT molecular complexity index is 1610. The number of carbonyl (C=O) groups is 3. The fourth-order valence-electron chi connectivity index (χ4n) is 3.94. The van der Waals surface area contributed by atoms with Crippen LogP contribution in [0.5, 0.6) is 11.8 Å². The minimum absolute atomic E-state index is 0.0340. The second-order valence-corrected chi connectivity index (χ2v) is 8.42. The van der Waals surface area contributed by atoms with Crippen molar-refractivity contribution in [1.29, 1.82) is 0 Å². The smallest absolute Gasteiger partial charge is 0.327 e. The summed E-state index contributed by atoms with van der Waals surface area (Å²) in [6, 6.07) is 4.79. The Labute approximate surface area is 202 Å². The van der Waals surface area contributed by atoms with E-state index in [1.165, 1.54) is 16.8 Å². The minimum atomic E-state index is -0.599. The Morgan fingerprint density at radius 1 is 1.25 bits per heavy atom. The number of rotatable bonds is 6. The first kappa shape index (κ1) is 21.6. The highest BCUT2D eigenvalue weighted by Gasteiger charge is 2.26. The van der Waals surface area contributed by atoms with Gasteiger partial charge >= 0.3 is 12.0 Å². The molecular formula is C23H20N8O5. The van der Waals surface area contributed by atoms with Crippen molar-refractivity contribution in [1.82, 2.24) is 35.5 Å². The van der Waals surface area contributed by atoms with Crippen molar-refractivity contribution in [2.75, 3.05) is 12.4 Å². The van der Waals surface area contributed by atoms with Gasteiger partial charge in [0.05, 0.1) is 11.8 Å². The van der Waals surface area contributed by atoms with Gasteiger partial charge in [0, 0.05) is 24.0 Å². The molecule has 13 heteroatoms. The van der Waals surface area contributed by atoms with Crippen LogP contribution in [-0.4, -0.2) is 50.5 Å². The molecule has 4 aromatic rings. The summed E-state index contributed by atoms with van der Waals surface area (Å²) in [6.07, 6.45) is 5.01. The molecule has 4 amide bonds. The number of benzene rings is 1. The van der Waals surface area contributed by atoms with E-state index >= 15 is 0 Å². The zero-order valence-electron chi connectivity index (χ0n) is 19.2. The van der Waals surface area contributed by atoms with E-state index in [1.54, 1.807) is 32.2 Å². The minimum Gasteiger partial charge on any atom is -0.461 e. The quantitative estimate of drug-likeness (QED) is 0.235. The van der Waals surface area contributed by atoms with Crippen molar-refractivity contribution < 1.29 is 23.5 Å². The molecule has 1 saturated carbocycles. The van der Waals surface area contributed by atoms with Gasteiger partial charge in [0.1, 0.15) is 22.8 Å². The first-order valence-electron chi connectivity index (χ1n) is 11.2. The van der Waals surface area contributed by atoms with E-state index in [-0.39, 0.29) is 23.7 Å². The van der Waals surface area contributed by atoms with Crippen LogP contribution in [0.3, 0.4) is 0 Å². The Kier molecular flexibility index (Phi) is 4.84. The molecule has 0 spiro atoms. The fraction of sp³-hybridized carbons (Fsp3) is 0.217. The number of carbonyl (C=O) groups excluding carboxylic acids is 3. The highest BCUT2D eigenvalue weighted by atomic mass is 16.5. The number of nitrogens with one attached hydrogen (secondary N) is 4. The van der Waals surface area contributed by atoms with Crippen LogP contribution in [-0.2, 0) is 4.79 Å². The molecular weight excluding hydrogens is 468 g/mol. The Hall–Kier alpha value is -4.94. The predicted molar refractivity (Wildman–Crippen MR) is 126 cm³/mol. The van der Waals surface area contributed by atoms with E-state index in [4.69, 9.17) is 9.15 Å². The van der Waals surface area contributed by atoms with Gasteiger partial charge in [-0.3, -0.25) is 14.9 Å². The molecule has 2 fully saturated rings. The van der Waals surface area contributed by atoms with Crippen LogP contribution in [0.1, 0.15) is 34.5 Å². The second-order valence-electron chi connectivity index (χ2n) is 8.42. The number of furan rings is 1. The van der Waals surface area contributed by atoms with E-state index in [2.05, 4.69) is 36.3 Å². The number of aromatic nitrogens is 4. The third-order valence-electron chi connectivity index (χ3n) is 5.80. The van der Waals surface area contributed by atoms with E-state index < -0.39 is 11.9 Å². The van der Waals surface area contributed by atoms with Crippen LogP contribution in [0, 0.1) is 6.92 Å². The summed E-state index contributed by atoms with van der Waals surface area (Å²) in [7, 11) is 1.55. The Balaban J connectivity index is 1.41. The monoisotopic (exact) mass is 488 g/mol. The second kappa shape index (κ2) is 8.08. The van der Waals surface area contributed by atoms with Crippen LogP contribution in [0.15, 0.2) is 34.5 Å². The van der Waals surface area contributed by atoms with Crippen LogP contribution in [0.4, 0.5) is 10.7 Å². The molecule has 182 valence electrons. The molecule has 1 aliphatic carbocycles. The zero-order valence-corrected chi connectivity index (χ0v) is 19.2.